The summed E-state index contributed by atoms with van der Waals surface area (Å²) in [6.07, 6.45) is -5.94. The average Bonchev–Trinajstić information content (AvgIpc) is 3.26. The molecule has 0 bridgehead atoms. The highest BCUT2D eigenvalue weighted by Gasteiger charge is 2.44. The predicted molar refractivity (Wildman–Crippen MR) is 125 cm³/mol. The van der Waals surface area contributed by atoms with Gasteiger partial charge in [0.05, 0.1) is 24.9 Å². The first-order chi connectivity index (χ1) is 17.2. The number of ether oxygens (including phenoxy) is 3. The lowest BCUT2D eigenvalue weighted by Crippen LogP contribution is -2.59. The molecule has 12 nitrogen and oxygen atoms in total. The zero-order valence-corrected chi connectivity index (χ0v) is 19.5. The number of H-pyrrole nitrogens is 1. The van der Waals surface area contributed by atoms with E-state index in [0.29, 0.717) is 16.6 Å². The molecule has 0 aliphatic carbocycles. The van der Waals surface area contributed by atoms with Crippen LogP contribution >= 0.6 is 0 Å². The molecule has 1 saturated heterocycles. The van der Waals surface area contributed by atoms with Crippen LogP contribution in [0.2, 0.25) is 0 Å². The summed E-state index contributed by atoms with van der Waals surface area (Å²) in [5.41, 5.74) is 1.71. The minimum atomic E-state index is -1.60. The normalized spacial score (nSPS) is 25.3. The summed E-state index contributed by atoms with van der Waals surface area (Å²) in [4.78, 5) is 31.8. The number of fused-ring (bicyclic) bond motifs is 3. The Morgan fingerprint density at radius 3 is 2.67 bits per heavy atom. The molecule has 6 N–H and O–H groups in total. The summed E-state index contributed by atoms with van der Waals surface area (Å²) in [5.74, 6) is -1.23. The van der Waals surface area contributed by atoms with Gasteiger partial charge in [-0.3, -0.25) is 4.79 Å². The number of aliphatic hydroxyl groups excluding tert-OH is 4. The minimum Gasteiger partial charge on any atom is -0.466 e. The van der Waals surface area contributed by atoms with Gasteiger partial charge in [0.1, 0.15) is 36.2 Å². The van der Waals surface area contributed by atoms with Gasteiger partial charge in [0.15, 0.2) is 6.29 Å². The standard InChI is InChI=1S/C24H27N3O9/c1-11(35-24-22(32)21(31)20(30)16(10-28)36-24)18-19-13(12-5-3-4-6-14(12)26-19)9-15(27-18)23(33)25-8-7-17(29)34-2/h3-9,11,16,20-22,24,26,28,30-32H,10H2,1-2H3,(H,25,33)/t11-,16+,20+,21-,22+,24+/m0/s1. The lowest BCUT2D eigenvalue weighted by molar-refractivity contribution is -0.311. The summed E-state index contributed by atoms with van der Waals surface area (Å²) in [7, 11) is 1.21. The zero-order valence-electron chi connectivity index (χ0n) is 19.5. The Morgan fingerprint density at radius 1 is 1.19 bits per heavy atom. The van der Waals surface area contributed by atoms with E-state index in [1.807, 2.05) is 24.3 Å². The van der Waals surface area contributed by atoms with Gasteiger partial charge in [-0.15, -0.1) is 0 Å². The van der Waals surface area contributed by atoms with E-state index in [1.165, 1.54) is 7.11 Å². The Morgan fingerprint density at radius 2 is 1.94 bits per heavy atom. The number of aromatic amines is 1. The van der Waals surface area contributed by atoms with Gasteiger partial charge in [0.2, 0.25) is 0 Å². The molecule has 3 heterocycles. The molecule has 12 heteroatoms. The van der Waals surface area contributed by atoms with Crippen molar-refractivity contribution in [3.05, 3.63) is 54.0 Å². The third-order valence-electron chi connectivity index (χ3n) is 5.96. The van der Waals surface area contributed by atoms with E-state index in [2.05, 4.69) is 20.0 Å². The van der Waals surface area contributed by atoms with E-state index in [4.69, 9.17) is 9.47 Å². The van der Waals surface area contributed by atoms with Crippen LogP contribution in [0.5, 0.6) is 0 Å². The van der Waals surface area contributed by atoms with E-state index >= 15 is 0 Å². The van der Waals surface area contributed by atoms with Crippen LogP contribution in [0, 0.1) is 0 Å². The van der Waals surface area contributed by atoms with Gasteiger partial charge in [0.25, 0.3) is 5.91 Å². The second-order valence-corrected chi connectivity index (χ2v) is 8.29. The Kier molecular flexibility index (Phi) is 7.64. The molecule has 0 radical (unpaired) electrons. The topological polar surface area (TPSA) is 183 Å². The van der Waals surface area contributed by atoms with Crippen LogP contribution in [0.1, 0.15) is 29.2 Å². The van der Waals surface area contributed by atoms with Crippen LogP contribution < -0.4 is 5.32 Å². The number of carbonyl (C=O) groups excluding carboxylic acids is 2. The van der Waals surface area contributed by atoms with Crippen molar-refractivity contribution in [2.75, 3.05) is 13.7 Å². The number of para-hydroxylation sites is 1. The Balaban J connectivity index is 1.70. The van der Waals surface area contributed by atoms with Crippen molar-refractivity contribution in [2.24, 2.45) is 0 Å². The van der Waals surface area contributed by atoms with E-state index in [9.17, 15) is 30.0 Å². The summed E-state index contributed by atoms with van der Waals surface area (Å²) in [6, 6.07) is 9.03. The SMILES string of the molecule is COC(=O)C=CNC(=O)c1cc2c([nH]c3ccccc32)c([C@H](C)O[C@@H]2O[C@H](CO)[C@@H](O)[C@H](O)[C@H]2O)n1. The lowest BCUT2D eigenvalue weighted by Gasteiger charge is -2.40. The maximum atomic E-state index is 12.8. The monoisotopic (exact) mass is 501 g/mol. The Labute approximate surface area is 205 Å². The molecule has 6 atom stereocenters. The molecular weight excluding hydrogens is 474 g/mol. The number of aliphatic hydroxyl groups is 4. The zero-order chi connectivity index (χ0) is 26.0. The minimum absolute atomic E-state index is 0.0287. The highest BCUT2D eigenvalue weighted by atomic mass is 16.7. The molecule has 0 spiro atoms. The number of amides is 1. The van der Waals surface area contributed by atoms with Crippen molar-refractivity contribution in [3.8, 4) is 0 Å². The molecule has 0 unspecified atom stereocenters. The number of hydrogen-bond donors (Lipinski definition) is 6. The molecule has 3 aromatic rings. The fraction of sp³-hybridized carbons (Fsp3) is 0.375. The Hall–Kier alpha value is -3.39. The third kappa shape index (κ3) is 4.95. The number of aromatic nitrogens is 2. The molecule has 1 fully saturated rings. The van der Waals surface area contributed by atoms with Crippen LogP contribution in [0.3, 0.4) is 0 Å². The maximum absolute atomic E-state index is 12.8. The van der Waals surface area contributed by atoms with E-state index in [0.717, 1.165) is 23.2 Å². The smallest absolute Gasteiger partial charge is 0.331 e. The van der Waals surface area contributed by atoms with Gasteiger partial charge in [-0.1, -0.05) is 18.2 Å². The molecule has 36 heavy (non-hydrogen) atoms. The molecule has 1 aliphatic rings. The largest absolute Gasteiger partial charge is 0.466 e. The lowest BCUT2D eigenvalue weighted by atomic mass is 9.99. The number of nitrogens with zero attached hydrogens (tertiary/aromatic N) is 1. The Bertz CT molecular complexity index is 1290. The van der Waals surface area contributed by atoms with Gasteiger partial charge in [-0.25, -0.2) is 9.78 Å². The third-order valence-corrected chi connectivity index (χ3v) is 5.96. The first-order valence-electron chi connectivity index (χ1n) is 11.2. The number of pyridine rings is 1. The molecule has 2 aromatic heterocycles. The summed E-state index contributed by atoms with van der Waals surface area (Å²) in [5, 5.41) is 43.9. The van der Waals surface area contributed by atoms with E-state index in [1.54, 1.807) is 13.0 Å². The highest BCUT2D eigenvalue weighted by molar-refractivity contribution is 6.10. The van der Waals surface area contributed by atoms with Gasteiger partial charge < -0.3 is 44.9 Å². The fourth-order valence-corrected chi connectivity index (χ4v) is 4.05. The number of nitrogens with one attached hydrogen (secondary N) is 2. The van der Waals surface area contributed by atoms with Crippen LogP contribution in [0.25, 0.3) is 21.8 Å². The van der Waals surface area contributed by atoms with Crippen molar-refractivity contribution in [1.82, 2.24) is 15.3 Å². The van der Waals surface area contributed by atoms with Crippen LogP contribution in [-0.2, 0) is 19.0 Å². The van der Waals surface area contributed by atoms with Crippen LogP contribution in [0.4, 0.5) is 0 Å². The predicted octanol–water partition coefficient (Wildman–Crippen LogP) is 0.0101. The van der Waals surface area contributed by atoms with Crippen LogP contribution in [0.15, 0.2) is 42.6 Å². The van der Waals surface area contributed by atoms with Gasteiger partial charge >= 0.3 is 5.97 Å². The number of hydrogen-bond acceptors (Lipinski definition) is 10. The maximum Gasteiger partial charge on any atom is 0.331 e. The molecule has 1 aliphatic heterocycles. The molecule has 0 saturated carbocycles. The van der Waals surface area contributed by atoms with Crippen LogP contribution in [-0.4, -0.2) is 86.7 Å². The summed E-state index contributed by atoms with van der Waals surface area (Å²) in [6.45, 7) is 1.02. The molecule has 1 aromatic carbocycles. The first-order valence-corrected chi connectivity index (χ1v) is 11.2. The van der Waals surface area contributed by atoms with E-state index in [-0.39, 0.29) is 5.69 Å². The number of esters is 1. The molecular formula is C24H27N3O9. The number of methoxy groups -OCH3 is 1. The second kappa shape index (κ2) is 10.7. The second-order valence-electron chi connectivity index (χ2n) is 8.29. The first kappa shape index (κ1) is 25.7. The van der Waals surface area contributed by atoms with Crippen molar-refractivity contribution in [2.45, 2.75) is 43.7 Å². The van der Waals surface area contributed by atoms with Gasteiger partial charge in [-0.05, 0) is 19.1 Å². The van der Waals surface area contributed by atoms with Crippen molar-refractivity contribution >= 4 is 33.7 Å². The number of carbonyl (C=O) groups is 2. The average molecular weight is 501 g/mol. The van der Waals surface area contributed by atoms with E-state index < -0.39 is 55.3 Å². The van der Waals surface area contributed by atoms with Crippen molar-refractivity contribution in [1.29, 1.82) is 0 Å². The van der Waals surface area contributed by atoms with Gasteiger partial charge in [0, 0.05) is 28.6 Å². The van der Waals surface area contributed by atoms with Crippen molar-refractivity contribution < 1.29 is 44.2 Å². The summed E-state index contributed by atoms with van der Waals surface area (Å²) < 4.78 is 15.8. The fourth-order valence-electron chi connectivity index (χ4n) is 4.05. The highest BCUT2D eigenvalue weighted by Crippen LogP contribution is 2.33. The number of benzene rings is 1. The number of rotatable bonds is 7. The molecule has 4 rings (SSSR count). The summed E-state index contributed by atoms with van der Waals surface area (Å²) >= 11 is 0. The van der Waals surface area contributed by atoms with Crippen molar-refractivity contribution in [3.63, 3.8) is 0 Å². The molecule has 1 amide bonds. The van der Waals surface area contributed by atoms with Gasteiger partial charge in [-0.2, -0.15) is 0 Å². The molecule has 192 valence electrons. The quantitative estimate of drug-likeness (QED) is 0.190.